The maximum Gasteiger partial charge on any atom is 0.336 e. The molecule has 0 aliphatic rings. The Labute approximate surface area is 336 Å². The molecule has 51 heavy (non-hydrogen) atoms. The molecule has 0 atom stereocenters. The Balaban J connectivity index is 0.000000342. The third-order valence-electron chi connectivity index (χ3n) is 5.85. The van der Waals surface area contributed by atoms with Gasteiger partial charge in [-0.1, -0.05) is 86.5 Å². The summed E-state index contributed by atoms with van der Waals surface area (Å²) in [6, 6.07) is 39.0. The standard InChI is InChI=1S/C15H10BrNO.C7H4BrClO.C7H5BrO2.C7H6N2.Cl2OS/c16-14-4-2-1-3-13(14)15(18)9-11-5-7-12(10-17)8-6-11;2*8-6-4-2-1-3-5(6)7(9)10;8-5-6-1-3-7(9)4-2-6;1-4(2)3/h1-8H,9H2;1-4H;1-4H,(H,9,10);1-4H,9H2;. The summed E-state index contributed by atoms with van der Waals surface area (Å²) >= 11 is 14.9. The summed E-state index contributed by atoms with van der Waals surface area (Å²) in [5.74, 6) is -0.848. The Morgan fingerprint density at radius 1 is 0.647 bits per heavy atom. The third-order valence-corrected chi connectivity index (χ3v) is 8.13. The molecule has 0 unspecified atom stereocenters. The van der Waals surface area contributed by atoms with Crippen LogP contribution >= 0.6 is 80.8 Å². The van der Waals surface area contributed by atoms with Crippen molar-refractivity contribution in [2.75, 3.05) is 5.73 Å². The Morgan fingerprint density at radius 2 is 1.00 bits per heavy atom. The Bertz CT molecular complexity index is 1960. The summed E-state index contributed by atoms with van der Waals surface area (Å²) in [6.45, 7) is 0. The molecule has 0 aliphatic carbocycles. The SMILES string of the molecule is N#Cc1ccc(CC(=O)c2ccccc2Br)cc1.N#Cc1ccc(N)cc1.O=C(Cl)c1ccccc1Br.O=C(O)c1ccccc1Br.O=S(Cl)Cl. The predicted octanol–water partition coefficient (Wildman–Crippen LogP) is 10.9. The Morgan fingerprint density at radius 3 is 1.31 bits per heavy atom. The van der Waals surface area contributed by atoms with Gasteiger partial charge < -0.3 is 10.8 Å². The number of Topliss-reactive ketones (excluding diaryl/α,β-unsaturated/α-hetero) is 1. The van der Waals surface area contributed by atoms with E-state index in [1.54, 1.807) is 84.9 Å². The highest BCUT2D eigenvalue weighted by Crippen LogP contribution is 2.19. The van der Waals surface area contributed by atoms with Gasteiger partial charge in [0.2, 0.25) is 9.23 Å². The highest BCUT2D eigenvalue weighted by atomic mass is 79.9. The number of ketones is 1. The van der Waals surface area contributed by atoms with E-state index in [-0.39, 0.29) is 5.78 Å². The highest BCUT2D eigenvalue weighted by molar-refractivity contribution is 9.11. The van der Waals surface area contributed by atoms with E-state index in [0.717, 1.165) is 14.5 Å². The molecular weight excluding hydrogens is 933 g/mol. The van der Waals surface area contributed by atoms with Crippen molar-refractivity contribution < 1.29 is 23.7 Å². The van der Waals surface area contributed by atoms with Gasteiger partial charge in [-0.15, -0.1) is 0 Å². The lowest BCUT2D eigenvalue weighted by molar-refractivity contribution is 0.0695. The molecule has 0 bridgehead atoms. The summed E-state index contributed by atoms with van der Waals surface area (Å²) in [6.07, 6.45) is 0.342. The second-order valence-corrected chi connectivity index (χ2v) is 14.8. The van der Waals surface area contributed by atoms with Crippen LogP contribution in [0.1, 0.15) is 47.8 Å². The van der Waals surface area contributed by atoms with E-state index < -0.39 is 20.4 Å². The van der Waals surface area contributed by atoms with Crippen molar-refractivity contribution in [1.29, 1.82) is 10.5 Å². The molecule has 0 aliphatic heterocycles. The van der Waals surface area contributed by atoms with Crippen LogP contribution in [0.4, 0.5) is 5.69 Å². The minimum Gasteiger partial charge on any atom is -0.478 e. The number of carboxylic acid groups (broad SMARTS) is 1. The molecule has 5 aromatic carbocycles. The highest BCUT2D eigenvalue weighted by Gasteiger charge is 2.10. The van der Waals surface area contributed by atoms with E-state index in [9.17, 15) is 14.4 Å². The maximum absolute atomic E-state index is 12.1. The van der Waals surface area contributed by atoms with E-state index in [1.807, 2.05) is 42.5 Å². The predicted molar refractivity (Wildman–Crippen MR) is 214 cm³/mol. The molecule has 0 radical (unpaired) electrons. The third kappa shape index (κ3) is 18.8. The largest absolute Gasteiger partial charge is 0.478 e. The first-order valence-corrected chi connectivity index (χ1v) is 19.4. The number of rotatable bonds is 5. The van der Waals surface area contributed by atoms with Crippen LogP contribution in [-0.4, -0.2) is 26.3 Å². The first-order chi connectivity index (χ1) is 24.2. The number of halogens is 6. The van der Waals surface area contributed by atoms with Crippen LogP contribution in [0.3, 0.4) is 0 Å². The molecule has 8 nitrogen and oxygen atoms in total. The zero-order chi connectivity index (χ0) is 38.3. The van der Waals surface area contributed by atoms with Crippen LogP contribution in [0.5, 0.6) is 0 Å². The molecule has 0 saturated heterocycles. The van der Waals surface area contributed by atoms with Crippen LogP contribution in [0.2, 0.25) is 0 Å². The van der Waals surface area contributed by atoms with Crippen LogP contribution in [0, 0.1) is 22.7 Å². The summed E-state index contributed by atoms with van der Waals surface area (Å²) in [5.41, 5.74) is 9.70. The first kappa shape index (κ1) is 45.2. The van der Waals surface area contributed by atoms with Crippen LogP contribution in [-0.2, 0) is 15.6 Å². The second kappa shape index (κ2) is 25.2. The molecule has 262 valence electrons. The zero-order valence-electron chi connectivity index (χ0n) is 26.0. The minimum absolute atomic E-state index is 0.0622. The molecule has 0 aromatic heterocycles. The van der Waals surface area contributed by atoms with Gasteiger partial charge >= 0.3 is 5.97 Å². The lowest BCUT2D eigenvalue weighted by Gasteiger charge is -2.03. The number of hydrogen-bond acceptors (Lipinski definition) is 7. The molecular formula is C36H25Br3Cl3N3O5S. The van der Waals surface area contributed by atoms with Gasteiger partial charge in [0, 0.05) is 58.0 Å². The van der Waals surface area contributed by atoms with E-state index in [0.29, 0.717) is 44.4 Å². The maximum atomic E-state index is 12.1. The summed E-state index contributed by atoms with van der Waals surface area (Å²) in [5, 5.41) is 25.1. The first-order valence-electron chi connectivity index (χ1n) is 13.9. The summed E-state index contributed by atoms with van der Waals surface area (Å²) in [7, 11) is 7.36. The molecule has 5 aromatic rings. The number of nitrogens with two attached hydrogens (primary N) is 1. The molecule has 0 fully saturated rings. The molecule has 0 saturated carbocycles. The molecule has 3 N–H and O–H groups in total. The van der Waals surface area contributed by atoms with Crippen molar-refractivity contribution in [3.05, 3.63) is 168 Å². The fourth-order valence-corrected chi connectivity index (χ4v) is 5.18. The number of hydrogen-bond donors (Lipinski definition) is 2. The quantitative estimate of drug-likeness (QED) is 0.0999. The van der Waals surface area contributed by atoms with Crippen molar-refractivity contribution in [1.82, 2.24) is 0 Å². The summed E-state index contributed by atoms with van der Waals surface area (Å²) in [4.78, 5) is 33.1. The van der Waals surface area contributed by atoms with Crippen molar-refractivity contribution in [2.24, 2.45) is 0 Å². The van der Waals surface area contributed by atoms with Crippen molar-refractivity contribution >= 4 is 113 Å². The molecule has 5 rings (SSSR count). The van der Waals surface area contributed by atoms with Gasteiger partial charge in [0.15, 0.2) is 5.78 Å². The molecule has 0 amide bonds. The van der Waals surface area contributed by atoms with Crippen molar-refractivity contribution in [2.45, 2.75) is 6.42 Å². The Hall–Kier alpha value is -3.85. The number of carbonyl (C=O) groups excluding carboxylic acids is 2. The lowest BCUT2D eigenvalue weighted by atomic mass is 10.0. The van der Waals surface area contributed by atoms with Crippen LogP contribution in [0.25, 0.3) is 0 Å². The fraction of sp³-hybridized carbons (Fsp3) is 0.0278. The van der Waals surface area contributed by atoms with E-state index in [1.165, 1.54) is 0 Å². The van der Waals surface area contributed by atoms with Crippen molar-refractivity contribution in [3.8, 4) is 12.1 Å². The van der Waals surface area contributed by atoms with E-state index in [4.69, 9.17) is 37.2 Å². The number of nitriles is 2. The molecule has 15 heteroatoms. The fourth-order valence-electron chi connectivity index (χ4n) is 3.48. The van der Waals surface area contributed by atoms with Crippen LogP contribution in [0.15, 0.2) is 135 Å². The van der Waals surface area contributed by atoms with Gasteiger partial charge in [-0.3, -0.25) is 9.59 Å². The van der Waals surface area contributed by atoms with Gasteiger partial charge in [-0.05, 0) is 99.8 Å². The van der Waals surface area contributed by atoms with Gasteiger partial charge in [0.25, 0.3) is 5.24 Å². The zero-order valence-corrected chi connectivity index (χ0v) is 33.8. The van der Waals surface area contributed by atoms with E-state index >= 15 is 0 Å². The second-order valence-electron chi connectivity index (χ2n) is 9.35. The number of carbonyl (C=O) groups is 3. The topological polar surface area (TPSA) is 162 Å². The normalized spacial score (nSPS) is 9.27. The number of benzene rings is 5. The summed E-state index contributed by atoms with van der Waals surface area (Å²) < 4.78 is 11.2. The molecule has 0 heterocycles. The number of nitrogens with zero attached hydrogens (tertiary/aromatic N) is 2. The van der Waals surface area contributed by atoms with Gasteiger partial charge in [-0.25, -0.2) is 9.00 Å². The minimum atomic E-state index is -1.67. The van der Waals surface area contributed by atoms with Crippen LogP contribution < -0.4 is 5.73 Å². The van der Waals surface area contributed by atoms with Crippen molar-refractivity contribution in [3.63, 3.8) is 0 Å². The van der Waals surface area contributed by atoms with Gasteiger partial charge in [0.05, 0.1) is 28.8 Å². The molecule has 0 spiro atoms. The average Bonchev–Trinajstić information content (AvgIpc) is 3.10. The number of carboxylic acids is 1. The monoisotopic (exact) mass is 953 g/mol. The number of anilines is 1. The van der Waals surface area contributed by atoms with Gasteiger partial charge in [0.1, 0.15) is 0 Å². The number of aromatic carboxylic acids is 1. The van der Waals surface area contributed by atoms with Gasteiger partial charge in [-0.2, -0.15) is 10.5 Å². The average molecular weight is 958 g/mol. The lowest BCUT2D eigenvalue weighted by Crippen LogP contribution is -2.04. The Kier molecular flexibility index (Phi) is 22.3. The smallest absolute Gasteiger partial charge is 0.336 e. The van der Waals surface area contributed by atoms with E-state index in [2.05, 4.69) is 75.2 Å². The number of nitrogen functional groups attached to an aromatic ring is 1.